The highest BCUT2D eigenvalue weighted by atomic mass is 16.5. The van der Waals surface area contributed by atoms with Crippen molar-refractivity contribution in [3.63, 3.8) is 0 Å². The van der Waals surface area contributed by atoms with Gasteiger partial charge in [-0.25, -0.2) is 0 Å². The van der Waals surface area contributed by atoms with E-state index >= 15 is 0 Å². The summed E-state index contributed by atoms with van der Waals surface area (Å²) in [5.41, 5.74) is 1.16. The van der Waals surface area contributed by atoms with Gasteiger partial charge in [0.15, 0.2) is 0 Å². The molecule has 0 unspecified atom stereocenters. The Balaban J connectivity index is -0.000000269. The molecule has 0 aromatic heterocycles. The van der Waals surface area contributed by atoms with Crippen molar-refractivity contribution in [3.8, 4) is 5.75 Å². The van der Waals surface area contributed by atoms with Gasteiger partial charge in [0, 0.05) is 7.11 Å². The van der Waals surface area contributed by atoms with Crippen LogP contribution in [0.2, 0.25) is 0 Å². The normalized spacial score (nSPS) is 8.05. The van der Waals surface area contributed by atoms with Gasteiger partial charge in [0.2, 0.25) is 0 Å². The van der Waals surface area contributed by atoms with Crippen LogP contribution in [-0.2, 0) is 16.1 Å². The van der Waals surface area contributed by atoms with Gasteiger partial charge in [-0.05, 0) is 30.5 Å². The molecule has 0 fully saturated rings. The van der Waals surface area contributed by atoms with Crippen molar-refractivity contribution in [2.24, 2.45) is 5.92 Å². The predicted molar refractivity (Wildman–Crippen MR) is 87.3 cm³/mol. The Kier molecular flexibility index (Phi) is 23.7. The predicted octanol–water partition coefficient (Wildman–Crippen LogP) is 4.74. The average Bonchev–Trinajstić information content (AvgIpc) is 2.42. The molecule has 0 aliphatic heterocycles. The molecule has 1 aromatic carbocycles. The fourth-order valence-electron chi connectivity index (χ4n) is 0.888. The SMILES string of the molecule is CC.CC(C)C.CC=O.COCc1ccc(OC)cc1. The van der Waals surface area contributed by atoms with E-state index in [1.54, 1.807) is 14.2 Å². The van der Waals surface area contributed by atoms with E-state index in [1.165, 1.54) is 6.92 Å². The molecule has 0 aliphatic rings. The molecule has 3 heteroatoms. The van der Waals surface area contributed by atoms with E-state index in [4.69, 9.17) is 14.3 Å². The molecular weight excluding hydrogens is 252 g/mol. The van der Waals surface area contributed by atoms with Gasteiger partial charge in [-0.15, -0.1) is 0 Å². The molecule has 1 rings (SSSR count). The van der Waals surface area contributed by atoms with E-state index in [1.807, 2.05) is 38.1 Å². The Bertz CT molecular complexity index is 276. The van der Waals surface area contributed by atoms with Gasteiger partial charge in [0.25, 0.3) is 0 Å². The summed E-state index contributed by atoms with van der Waals surface area (Å²) >= 11 is 0. The van der Waals surface area contributed by atoms with Crippen molar-refractivity contribution >= 4 is 6.29 Å². The first kappa shape index (κ1) is 23.7. The lowest BCUT2D eigenvalue weighted by Crippen LogP contribution is -1.87. The Morgan fingerprint density at radius 2 is 1.40 bits per heavy atom. The third kappa shape index (κ3) is 21.9. The van der Waals surface area contributed by atoms with E-state index in [-0.39, 0.29) is 0 Å². The van der Waals surface area contributed by atoms with E-state index in [0.717, 1.165) is 23.5 Å². The zero-order valence-corrected chi connectivity index (χ0v) is 14.4. The van der Waals surface area contributed by atoms with Gasteiger partial charge >= 0.3 is 0 Å². The van der Waals surface area contributed by atoms with Crippen molar-refractivity contribution in [2.75, 3.05) is 14.2 Å². The summed E-state index contributed by atoms with van der Waals surface area (Å²) in [6, 6.07) is 7.83. The van der Waals surface area contributed by atoms with E-state index < -0.39 is 0 Å². The summed E-state index contributed by atoms with van der Waals surface area (Å²) < 4.78 is 9.97. The quantitative estimate of drug-likeness (QED) is 0.752. The molecule has 0 spiro atoms. The topological polar surface area (TPSA) is 35.5 Å². The minimum Gasteiger partial charge on any atom is -0.497 e. The Morgan fingerprint density at radius 3 is 1.65 bits per heavy atom. The number of benzene rings is 1. The molecule has 0 heterocycles. The zero-order chi connectivity index (χ0) is 16.4. The number of aldehydes is 1. The first-order valence-corrected chi connectivity index (χ1v) is 7.03. The number of rotatable bonds is 3. The van der Waals surface area contributed by atoms with Gasteiger partial charge in [-0.1, -0.05) is 46.8 Å². The molecule has 0 amide bonds. The molecule has 0 saturated carbocycles. The maximum Gasteiger partial charge on any atom is 0.118 e. The zero-order valence-electron chi connectivity index (χ0n) is 14.4. The second-order valence-electron chi connectivity index (χ2n) is 4.25. The Labute approximate surface area is 125 Å². The second-order valence-corrected chi connectivity index (χ2v) is 4.25. The van der Waals surface area contributed by atoms with Gasteiger partial charge < -0.3 is 14.3 Å². The summed E-state index contributed by atoms with van der Waals surface area (Å²) in [6.45, 7) is 12.6. The summed E-state index contributed by atoms with van der Waals surface area (Å²) in [4.78, 5) is 8.81. The van der Waals surface area contributed by atoms with Crippen molar-refractivity contribution in [1.82, 2.24) is 0 Å². The van der Waals surface area contributed by atoms with Crippen LogP contribution in [0, 0.1) is 5.92 Å². The van der Waals surface area contributed by atoms with E-state index in [9.17, 15) is 0 Å². The highest BCUT2D eigenvalue weighted by Crippen LogP contribution is 2.11. The van der Waals surface area contributed by atoms with Crippen LogP contribution in [0.3, 0.4) is 0 Å². The van der Waals surface area contributed by atoms with Crippen LogP contribution in [-0.4, -0.2) is 20.5 Å². The molecule has 0 bridgehead atoms. The number of ether oxygens (including phenoxy) is 2. The maximum atomic E-state index is 8.81. The standard InChI is InChI=1S/C9H12O2.C4H10.C2H4O.C2H6/c1-10-7-8-3-5-9(11-2)6-4-8;1-4(2)3;1-2-3;1-2/h3-6H,7H2,1-2H3;4H,1-3H3;2H,1H3;1-2H3. The Hall–Kier alpha value is -1.35. The molecule has 0 saturated heterocycles. The lowest BCUT2D eigenvalue weighted by Gasteiger charge is -2.01. The summed E-state index contributed by atoms with van der Waals surface area (Å²) in [5, 5.41) is 0. The second kappa shape index (κ2) is 20.0. The number of carbonyl (C=O) groups excluding carboxylic acids is 1. The third-order valence-corrected chi connectivity index (χ3v) is 1.47. The Morgan fingerprint density at radius 1 is 1.05 bits per heavy atom. The molecule has 0 atom stereocenters. The molecule has 3 nitrogen and oxygen atoms in total. The van der Waals surface area contributed by atoms with Crippen LogP contribution in [0.4, 0.5) is 0 Å². The van der Waals surface area contributed by atoms with E-state index in [2.05, 4.69) is 20.8 Å². The van der Waals surface area contributed by atoms with Crippen molar-refractivity contribution in [2.45, 2.75) is 48.1 Å². The highest BCUT2D eigenvalue weighted by Gasteiger charge is 1.91. The van der Waals surface area contributed by atoms with Crippen LogP contribution in [0.1, 0.15) is 47.1 Å². The third-order valence-electron chi connectivity index (χ3n) is 1.47. The van der Waals surface area contributed by atoms with Gasteiger partial charge in [-0.3, -0.25) is 0 Å². The molecular formula is C17H32O3. The van der Waals surface area contributed by atoms with Crippen molar-refractivity contribution in [1.29, 1.82) is 0 Å². The summed E-state index contributed by atoms with van der Waals surface area (Å²) in [6.07, 6.45) is 0.750. The lowest BCUT2D eigenvalue weighted by atomic mass is 10.2. The fraction of sp³-hybridized carbons (Fsp3) is 0.588. The largest absolute Gasteiger partial charge is 0.497 e. The van der Waals surface area contributed by atoms with Crippen LogP contribution in [0.25, 0.3) is 0 Å². The smallest absolute Gasteiger partial charge is 0.118 e. The van der Waals surface area contributed by atoms with E-state index in [0.29, 0.717) is 6.61 Å². The minimum atomic E-state index is 0.657. The summed E-state index contributed by atoms with van der Waals surface area (Å²) in [5.74, 6) is 1.71. The lowest BCUT2D eigenvalue weighted by molar-refractivity contribution is -0.106. The molecule has 0 aliphatic carbocycles. The maximum absolute atomic E-state index is 8.81. The molecule has 0 N–H and O–H groups in total. The fourth-order valence-corrected chi connectivity index (χ4v) is 0.888. The number of carbonyl (C=O) groups is 1. The molecule has 20 heavy (non-hydrogen) atoms. The van der Waals surface area contributed by atoms with Crippen LogP contribution < -0.4 is 4.74 Å². The average molecular weight is 284 g/mol. The van der Waals surface area contributed by atoms with Crippen LogP contribution in [0.15, 0.2) is 24.3 Å². The minimum absolute atomic E-state index is 0.657. The van der Waals surface area contributed by atoms with Gasteiger partial charge in [0.05, 0.1) is 13.7 Å². The first-order chi connectivity index (χ1) is 9.51. The highest BCUT2D eigenvalue weighted by molar-refractivity contribution is 5.44. The number of hydrogen-bond acceptors (Lipinski definition) is 3. The van der Waals surface area contributed by atoms with Gasteiger partial charge in [-0.2, -0.15) is 0 Å². The monoisotopic (exact) mass is 284 g/mol. The molecule has 118 valence electrons. The number of methoxy groups -OCH3 is 2. The first-order valence-electron chi connectivity index (χ1n) is 7.03. The number of hydrogen-bond donors (Lipinski definition) is 0. The van der Waals surface area contributed by atoms with Crippen molar-refractivity contribution < 1.29 is 14.3 Å². The molecule has 1 aromatic rings. The van der Waals surface area contributed by atoms with Crippen LogP contribution >= 0.6 is 0 Å². The van der Waals surface area contributed by atoms with Gasteiger partial charge in [0.1, 0.15) is 12.0 Å². The van der Waals surface area contributed by atoms with Crippen molar-refractivity contribution in [3.05, 3.63) is 29.8 Å². The van der Waals surface area contributed by atoms with Crippen LogP contribution in [0.5, 0.6) is 5.75 Å². The summed E-state index contributed by atoms with van der Waals surface area (Å²) in [7, 11) is 3.34. The molecule has 0 radical (unpaired) electrons.